The van der Waals surface area contributed by atoms with Gasteiger partial charge in [0.05, 0.1) is 5.69 Å². The topological polar surface area (TPSA) is 77.2 Å². The van der Waals surface area contributed by atoms with Crippen LogP contribution in [0.5, 0.6) is 0 Å². The minimum Gasteiger partial charge on any atom is -0.462 e. The summed E-state index contributed by atoms with van der Waals surface area (Å²) in [5, 5.41) is 4.29. The van der Waals surface area contributed by atoms with E-state index in [0.717, 1.165) is 16.7 Å². The molecule has 0 aliphatic heterocycles. The van der Waals surface area contributed by atoms with Crippen molar-refractivity contribution in [1.82, 2.24) is 0 Å². The van der Waals surface area contributed by atoms with Crippen LogP contribution >= 0.6 is 0 Å². The third kappa shape index (κ3) is 2.11. The van der Waals surface area contributed by atoms with Crippen LogP contribution in [0.3, 0.4) is 0 Å². The number of para-hydroxylation sites is 1. The molecule has 4 heteroatoms. The second-order valence-electron chi connectivity index (χ2n) is 3.52. The molecule has 2 rings (SSSR count). The molecule has 2 aromatic rings. The lowest BCUT2D eigenvalue weighted by Crippen LogP contribution is -2.36. The predicted molar refractivity (Wildman–Crippen MR) is 61.7 cm³/mol. The molecule has 1 atom stereocenters. The Balaban J connectivity index is 2.14. The van der Waals surface area contributed by atoms with Crippen LogP contribution in [-0.4, -0.2) is 19.1 Å². The molecule has 1 aromatic carbocycles. The number of hydrogen-bond acceptors (Lipinski definition) is 4. The first-order valence-electron chi connectivity index (χ1n) is 4.97. The number of benzene rings is 1. The first-order valence-corrected chi connectivity index (χ1v) is 4.97. The van der Waals surface area contributed by atoms with Crippen LogP contribution in [0.15, 0.2) is 34.9 Å². The summed E-state index contributed by atoms with van der Waals surface area (Å²) in [5.74, 6) is 0. The minimum atomic E-state index is -0.0290. The third-order valence-electron chi connectivity index (χ3n) is 2.34. The standard InChI is InChI=1S/C11H15N3O/c12-5-8(13)6-14-10-7-15-11-4-2-1-3-9(10)11/h1-4,7-8,14H,5-6,12-13H2. The minimum absolute atomic E-state index is 0.0290. The molecule has 0 aliphatic rings. The van der Waals surface area contributed by atoms with E-state index in [1.54, 1.807) is 6.26 Å². The van der Waals surface area contributed by atoms with Gasteiger partial charge in [0, 0.05) is 24.5 Å². The van der Waals surface area contributed by atoms with Crippen LogP contribution in [-0.2, 0) is 0 Å². The summed E-state index contributed by atoms with van der Waals surface area (Å²) in [6.45, 7) is 1.13. The molecule has 5 N–H and O–H groups in total. The Morgan fingerprint density at radius 3 is 2.93 bits per heavy atom. The number of nitrogens with two attached hydrogens (primary N) is 2. The molecule has 0 fully saturated rings. The summed E-state index contributed by atoms with van der Waals surface area (Å²) < 4.78 is 5.38. The maximum Gasteiger partial charge on any atom is 0.136 e. The number of rotatable bonds is 4. The highest BCUT2D eigenvalue weighted by molar-refractivity contribution is 5.90. The van der Waals surface area contributed by atoms with Gasteiger partial charge in [0.15, 0.2) is 0 Å². The van der Waals surface area contributed by atoms with E-state index in [4.69, 9.17) is 15.9 Å². The molecular formula is C11H15N3O. The normalized spacial score (nSPS) is 12.9. The summed E-state index contributed by atoms with van der Waals surface area (Å²) in [7, 11) is 0. The van der Waals surface area contributed by atoms with Crippen LogP contribution in [0.1, 0.15) is 0 Å². The Morgan fingerprint density at radius 1 is 1.33 bits per heavy atom. The molecule has 1 unspecified atom stereocenters. The second kappa shape index (κ2) is 4.33. The van der Waals surface area contributed by atoms with Crippen molar-refractivity contribution in [3.05, 3.63) is 30.5 Å². The molecule has 0 aliphatic carbocycles. The summed E-state index contributed by atoms with van der Waals surface area (Å²) in [6.07, 6.45) is 1.70. The number of nitrogens with one attached hydrogen (secondary N) is 1. The summed E-state index contributed by atoms with van der Waals surface area (Å²) >= 11 is 0. The van der Waals surface area contributed by atoms with Gasteiger partial charge in [0.2, 0.25) is 0 Å². The number of anilines is 1. The van der Waals surface area contributed by atoms with E-state index in [0.29, 0.717) is 13.1 Å². The molecule has 0 amide bonds. The van der Waals surface area contributed by atoms with Crippen LogP contribution in [0.2, 0.25) is 0 Å². The zero-order valence-corrected chi connectivity index (χ0v) is 8.44. The zero-order chi connectivity index (χ0) is 10.7. The van der Waals surface area contributed by atoms with Crippen molar-refractivity contribution in [1.29, 1.82) is 0 Å². The van der Waals surface area contributed by atoms with Crippen molar-refractivity contribution in [2.24, 2.45) is 11.5 Å². The summed E-state index contributed by atoms with van der Waals surface area (Å²) in [4.78, 5) is 0. The van der Waals surface area contributed by atoms with Gasteiger partial charge in [0.1, 0.15) is 11.8 Å². The molecule has 0 bridgehead atoms. The van der Waals surface area contributed by atoms with E-state index in [-0.39, 0.29) is 6.04 Å². The average molecular weight is 205 g/mol. The molecule has 1 heterocycles. The van der Waals surface area contributed by atoms with Gasteiger partial charge in [0.25, 0.3) is 0 Å². The van der Waals surface area contributed by atoms with E-state index < -0.39 is 0 Å². The van der Waals surface area contributed by atoms with Crippen LogP contribution in [0.25, 0.3) is 11.0 Å². The molecule has 0 saturated heterocycles. The van der Waals surface area contributed by atoms with Gasteiger partial charge in [-0.05, 0) is 12.1 Å². The van der Waals surface area contributed by atoms with Crippen LogP contribution in [0, 0.1) is 0 Å². The van der Waals surface area contributed by atoms with Crippen molar-refractivity contribution < 1.29 is 4.42 Å². The van der Waals surface area contributed by atoms with Gasteiger partial charge in [-0.3, -0.25) is 0 Å². The lowest BCUT2D eigenvalue weighted by atomic mass is 10.2. The van der Waals surface area contributed by atoms with Crippen molar-refractivity contribution in [2.45, 2.75) is 6.04 Å². The SMILES string of the molecule is NCC(N)CNc1coc2ccccc12. The van der Waals surface area contributed by atoms with Gasteiger partial charge in [-0.15, -0.1) is 0 Å². The van der Waals surface area contributed by atoms with Gasteiger partial charge in [-0.2, -0.15) is 0 Å². The highest BCUT2D eigenvalue weighted by atomic mass is 16.3. The lowest BCUT2D eigenvalue weighted by molar-refractivity contribution is 0.616. The van der Waals surface area contributed by atoms with E-state index in [1.807, 2.05) is 24.3 Å². The average Bonchev–Trinajstić information content (AvgIpc) is 2.69. The number of hydrogen-bond donors (Lipinski definition) is 3. The van der Waals surface area contributed by atoms with Gasteiger partial charge in [-0.1, -0.05) is 12.1 Å². The largest absolute Gasteiger partial charge is 0.462 e. The molecule has 80 valence electrons. The Labute approximate surface area is 88.2 Å². The van der Waals surface area contributed by atoms with Crippen molar-refractivity contribution in [3.63, 3.8) is 0 Å². The molecule has 0 spiro atoms. The highest BCUT2D eigenvalue weighted by Gasteiger charge is 2.05. The Hall–Kier alpha value is -1.52. The number of furan rings is 1. The van der Waals surface area contributed by atoms with Crippen molar-refractivity contribution in [3.8, 4) is 0 Å². The van der Waals surface area contributed by atoms with Crippen molar-refractivity contribution >= 4 is 16.7 Å². The quantitative estimate of drug-likeness (QED) is 0.699. The summed E-state index contributed by atoms with van der Waals surface area (Å²) in [5.41, 5.74) is 13.0. The van der Waals surface area contributed by atoms with Gasteiger partial charge < -0.3 is 21.2 Å². The Kier molecular flexibility index (Phi) is 2.89. The fraction of sp³-hybridized carbons (Fsp3) is 0.273. The zero-order valence-electron chi connectivity index (χ0n) is 8.44. The maximum atomic E-state index is 5.72. The van der Waals surface area contributed by atoms with Crippen LogP contribution in [0.4, 0.5) is 5.69 Å². The molecule has 4 nitrogen and oxygen atoms in total. The third-order valence-corrected chi connectivity index (χ3v) is 2.34. The first-order chi connectivity index (χ1) is 7.31. The Bertz CT molecular complexity index is 438. The second-order valence-corrected chi connectivity index (χ2v) is 3.52. The smallest absolute Gasteiger partial charge is 0.136 e. The predicted octanol–water partition coefficient (Wildman–Crippen LogP) is 1.13. The monoisotopic (exact) mass is 205 g/mol. The van der Waals surface area contributed by atoms with E-state index in [9.17, 15) is 0 Å². The van der Waals surface area contributed by atoms with E-state index in [2.05, 4.69) is 5.32 Å². The van der Waals surface area contributed by atoms with E-state index >= 15 is 0 Å². The van der Waals surface area contributed by atoms with Gasteiger partial charge >= 0.3 is 0 Å². The fourth-order valence-electron chi connectivity index (χ4n) is 1.44. The molecule has 1 aromatic heterocycles. The van der Waals surface area contributed by atoms with Crippen LogP contribution < -0.4 is 16.8 Å². The molecule has 0 radical (unpaired) electrons. The number of fused-ring (bicyclic) bond motifs is 1. The molecule has 15 heavy (non-hydrogen) atoms. The molecular weight excluding hydrogens is 190 g/mol. The summed E-state index contributed by atoms with van der Waals surface area (Å²) in [6, 6.07) is 7.84. The Morgan fingerprint density at radius 2 is 2.13 bits per heavy atom. The lowest BCUT2D eigenvalue weighted by Gasteiger charge is -2.09. The van der Waals surface area contributed by atoms with Crippen molar-refractivity contribution in [2.75, 3.05) is 18.4 Å². The van der Waals surface area contributed by atoms with E-state index in [1.165, 1.54) is 0 Å². The molecule has 0 saturated carbocycles. The fourth-order valence-corrected chi connectivity index (χ4v) is 1.44. The van der Waals surface area contributed by atoms with Gasteiger partial charge in [-0.25, -0.2) is 0 Å². The maximum absolute atomic E-state index is 5.72. The first kappa shape index (κ1) is 10.0. The highest BCUT2D eigenvalue weighted by Crippen LogP contribution is 2.24.